The lowest BCUT2D eigenvalue weighted by molar-refractivity contribution is 0.112. The van der Waals surface area contributed by atoms with Gasteiger partial charge < -0.3 is 0 Å². The van der Waals surface area contributed by atoms with Crippen LogP contribution in [0.5, 0.6) is 0 Å². The van der Waals surface area contributed by atoms with Gasteiger partial charge in [0.1, 0.15) is 5.01 Å². The van der Waals surface area contributed by atoms with Crippen LogP contribution in [0.4, 0.5) is 0 Å². The number of carbonyl (C=O) groups excluding carboxylic acids is 1. The minimum absolute atomic E-state index is 0.414. The molecule has 0 saturated carbocycles. The van der Waals surface area contributed by atoms with E-state index in [9.17, 15) is 4.79 Å². The van der Waals surface area contributed by atoms with Gasteiger partial charge in [0, 0.05) is 12.8 Å². The molecule has 1 aromatic rings. The Morgan fingerprint density at radius 2 is 2.45 bits per heavy atom. The van der Waals surface area contributed by atoms with Crippen LogP contribution in [-0.4, -0.2) is 16.5 Å². The van der Waals surface area contributed by atoms with Crippen molar-refractivity contribution in [2.75, 3.05) is 0 Å². The minimum atomic E-state index is 0.414. The quantitative estimate of drug-likeness (QED) is 0.495. The first kappa shape index (κ1) is 7.89. The van der Waals surface area contributed by atoms with Crippen molar-refractivity contribution in [1.82, 2.24) is 10.2 Å². The standard InChI is InChI=1S/C7H6N2OS/c1-2-3-4-6-8-9-7(5-10)11-6/h1,5H,3-4H2. The Hall–Kier alpha value is -1.21. The topological polar surface area (TPSA) is 42.9 Å². The molecule has 0 fully saturated rings. The Labute approximate surface area is 68.5 Å². The third-order valence-electron chi connectivity index (χ3n) is 1.07. The van der Waals surface area contributed by atoms with E-state index >= 15 is 0 Å². The second-order valence-corrected chi connectivity index (χ2v) is 2.95. The Balaban J connectivity index is 2.59. The smallest absolute Gasteiger partial charge is 0.180 e. The lowest BCUT2D eigenvalue weighted by Gasteiger charge is -1.82. The molecule has 11 heavy (non-hydrogen) atoms. The predicted molar refractivity (Wildman–Crippen MR) is 42.5 cm³/mol. The molecule has 0 radical (unpaired) electrons. The monoisotopic (exact) mass is 166 g/mol. The summed E-state index contributed by atoms with van der Waals surface area (Å²) in [6, 6.07) is 0. The van der Waals surface area contributed by atoms with Crippen molar-refractivity contribution >= 4 is 17.6 Å². The third kappa shape index (κ3) is 2.13. The van der Waals surface area contributed by atoms with Crippen LogP contribution < -0.4 is 0 Å². The van der Waals surface area contributed by atoms with Crippen molar-refractivity contribution in [3.05, 3.63) is 10.0 Å². The van der Waals surface area contributed by atoms with Crippen LogP contribution in [0, 0.1) is 12.3 Å². The number of aryl methyl sites for hydroxylation is 1. The molecule has 1 rings (SSSR count). The Morgan fingerprint density at radius 1 is 1.64 bits per heavy atom. The van der Waals surface area contributed by atoms with Gasteiger partial charge >= 0.3 is 0 Å². The summed E-state index contributed by atoms with van der Waals surface area (Å²) in [7, 11) is 0. The van der Waals surface area contributed by atoms with Gasteiger partial charge in [0.15, 0.2) is 11.3 Å². The van der Waals surface area contributed by atoms with Crippen LogP contribution in [0.2, 0.25) is 0 Å². The minimum Gasteiger partial charge on any atom is -0.295 e. The van der Waals surface area contributed by atoms with Crippen molar-refractivity contribution in [2.24, 2.45) is 0 Å². The van der Waals surface area contributed by atoms with Gasteiger partial charge in [-0.3, -0.25) is 4.79 Å². The molecular formula is C7H6N2OS. The van der Waals surface area contributed by atoms with Gasteiger partial charge in [-0.1, -0.05) is 11.3 Å². The van der Waals surface area contributed by atoms with Crippen LogP contribution in [0.15, 0.2) is 0 Å². The molecule has 4 heteroatoms. The molecule has 56 valence electrons. The number of rotatable bonds is 3. The lowest BCUT2D eigenvalue weighted by Crippen LogP contribution is -1.81. The maximum Gasteiger partial charge on any atom is 0.180 e. The maximum atomic E-state index is 10.2. The van der Waals surface area contributed by atoms with Crippen molar-refractivity contribution in [3.63, 3.8) is 0 Å². The molecule has 1 aromatic heterocycles. The number of aromatic nitrogens is 2. The summed E-state index contributed by atoms with van der Waals surface area (Å²) in [5.41, 5.74) is 0. The summed E-state index contributed by atoms with van der Waals surface area (Å²) in [5, 5.41) is 8.62. The normalized spacial score (nSPS) is 9.00. The zero-order valence-electron chi connectivity index (χ0n) is 5.78. The van der Waals surface area contributed by atoms with Gasteiger partial charge in [0.05, 0.1) is 0 Å². The second kappa shape index (κ2) is 3.84. The predicted octanol–water partition coefficient (Wildman–Crippen LogP) is 0.916. The van der Waals surface area contributed by atoms with Gasteiger partial charge in [-0.05, 0) is 0 Å². The largest absolute Gasteiger partial charge is 0.295 e. The van der Waals surface area contributed by atoms with E-state index in [4.69, 9.17) is 6.42 Å². The average Bonchev–Trinajstić information content (AvgIpc) is 2.48. The number of aldehydes is 1. The van der Waals surface area contributed by atoms with Gasteiger partial charge in [-0.25, -0.2) is 0 Å². The molecule has 0 amide bonds. The number of hydrogen-bond donors (Lipinski definition) is 0. The van der Waals surface area contributed by atoms with Crippen molar-refractivity contribution in [1.29, 1.82) is 0 Å². The lowest BCUT2D eigenvalue weighted by atomic mass is 10.3. The number of nitrogens with zero attached hydrogens (tertiary/aromatic N) is 2. The van der Waals surface area contributed by atoms with E-state index in [1.54, 1.807) is 0 Å². The molecule has 0 aromatic carbocycles. The molecule has 0 N–H and O–H groups in total. The molecule has 0 aliphatic carbocycles. The Kier molecular flexibility index (Phi) is 2.75. The van der Waals surface area contributed by atoms with Crippen LogP contribution in [0.25, 0.3) is 0 Å². The Bertz CT molecular complexity index is 287. The summed E-state index contributed by atoms with van der Waals surface area (Å²) < 4.78 is 0. The molecule has 0 aliphatic heterocycles. The van der Waals surface area contributed by atoms with Crippen molar-refractivity contribution in [2.45, 2.75) is 12.8 Å². The fourth-order valence-corrected chi connectivity index (χ4v) is 1.25. The summed E-state index contributed by atoms with van der Waals surface area (Å²) in [6.45, 7) is 0. The number of hydrogen-bond acceptors (Lipinski definition) is 4. The van der Waals surface area contributed by atoms with Crippen LogP contribution in [0.1, 0.15) is 21.2 Å². The zero-order chi connectivity index (χ0) is 8.10. The van der Waals surface area contributed by atoms with Gasteiger partial charge in [0.25, 0.3) is 0 Å². The fourth-order valence-electron chi connectivity index (χ4n) is 0.594. The average molecular weight is 166 g/mol. The van der Waals surface area contributed by atoms with Crippen molar-refractivity contribution in [3.8, 4) is 12.3 Å². The van der Waals surface area contributed by atoms with Gasteiger partial charge in [-0.2, -0.15) is 0 Å². The first-order valence-corrected chi connectivity index (χ1v) is 3.89. The molecule has 0 saturated heterocycles. The van der Waals surface area contributed by atoms with E-state index in [1.807, 2.05) is 0 Å². The van der Waals surface area contributed by atoms with Crippen LogP contribution in [-0.2, 0) is 6.42 Å². The van der Waals surface area contributed by atoms with Gasteiger partial charge in [-0.15, -0.1) is 22.5 Å². The summed E-state index contributed by atoms with van der Waals surface area (Å²) in [4.78, 5) is 10.2. The van der Waals surface area contributed by atoms with Gasteiger partial charge in [0.2, 0.25) is 0 Å². The van der Waals surface area contributed by atoms with Crippen LogP contribution >= 0.6 is 11.3 Å². The van der Waals surface area contributed by atoms with E-state index in [1.165, 1.54) is 11.3 Å². The molecule has 0 spiro atoms. The van der Waals surface area contributed by atoms with Crippen LogP contribution in [0.3, 0.4) is 0 Å². The summed E-state index contributed by atoms with van der Waals surface area (Å²) >= 11 is 1.29. The SMILES string of the molecule is C#CCCc1nnc(C=O)s1. The van der Waals surface area contributed by atoms with E-state index in [2.05, 4.69) is 16.1 Å². The first-order valence-electron chi connectivity index (χ1n) is 3.08. The highest BCUT2D eigenvalue weighted by Gasteiger charge is 2.00. The maximum absolute atomic E-state index is 10.2. The summed E-state index contributed by atoms with van der Waals surface area (Å²) in [6.07, 6.45) is 7.10. The molecule has 3 nitrogen and oxygen atoms in total. The molecule has 0 bridgehead atoms. The zero-order valence-corrected chi connectivity index (χ0v) is 6.60. The molecule has 0 aliphatic rings. The van der Waals surface area contributed by atoms with E-state index < -0.39 is 0 Å². The molecular weight excluding hydrogens is 160 g/mol. The van der Waals surface area contributed by atoms with Crippen molar-refractivity contribution < 1.29 is 4.79 Å². The summed E-state index contributed by atoms with van der Waals surface area (Å²) in [5.74, 6) is 2.49. The molecule has 0 atom stereocenters. The third-order valence-corrected chi connectivity index (χ3v) is 1.97. The highest BCUT2D eigenvalue weighted by atomic mass is 32.1. The number of carbonyl (C=O) groups is 1. The molecule has 1 heterocycles. The second-order valence-electron chi connectivity index (χ2n) is 1.86. The highest BCUT2D eigenvalue weighted by molar-refractivity contribution is 7.12. The number of terminal acetylenes is 1. The van der Waals surface area contributed by atoms with E-state index in [-0.39, 0.29) is 0 Å². The first-order chi connectivity index (χ1) is 5.36. The fraction of sp³-hybridized carbons (Fsp3) is 0.286. The molecule has 0 unspecified atom stereocenters. The highest BCUT2D eigenvalue weighted by Crippen LogP contribution is 2.08. The Morgan fingerprint density at radius 3 is 3.00 bits per heavy atom. The van der Waals surface area contributed by atoms with E-state index in [0.717, 1.165) is 5.01 Å². The van der Waals surface area contributed by atoms with E-state index in [0.29, 0.717) is 24.1 Å².